The van der Waals surface area contributed by atoms with Gasteiger partial charge >= 0.3 is 0 Å². The van der Waals surface area contributed by atoms with Crippen LogP contribution in [0.2, 0.25) is 0 Å². The third-order valence-corrected chi connectivity index (χ3v) is 7.49. The summed E-state index contributed by atoms with van der Waals surface area (Å²) < 4.78 is 24.7. The van der Waals surface area contributed by atoms with Crippen LogP contribution in [-0.2, 0) is 10.0 Å². The summed E-state index contributed by atoms with van der Waals surface area (Å²) in [6.07, 6.45) is 1.18. The van der Waals surface area contributed by atoms with Crippen molar-refractivity contribution in [3.8, 4) is 11.4 Å². The van der Waals surface area contributed by atoms with E-state index in [4.69, 9.17) is 0 Å². The van der Waals surface area contributed by atoms with Gasteiger partial charge in [-0.25, -0.2) is 13.4 Å². The molecule has 160 valence electrons. The molecule has 9 nitrogen and oxygen atoms in total. The number of nitrogens with one attached hydrogen (secondary N) is 2. The maximum atomic E-state index is 12.9. The second kappa shape index (κ2) is 7.29. The van der Waals surface area contributed by atoms with Gasteiger partial charge in [-0.2, -0.15) is 4.31 Å². The van der Waals surface area contributed by atoms with Crippen molar-refractivity contribution in [2.45, 2.75) is 0 Å². The first kappa shape index (κ1) is 19.9. The van der Waals surface area contributed by atoms with Gasteiger partial charge in [0.2, 0.25) is 10.0 Å². The number of piperazine rings is 1. The fraction of sp³-hybridized carbons (Fsp3) is 0.250. The van der Waals surface area contributed by atoms with Gasteiger partial charge in [-0.1, -0.05) is 0 Å². The zero-order valence-electron chi connectivity index (χ0n) is 16.6. The lowest BCUT2D eigenvalue weighted by Crippen LogP contribution is -2.50. The number of sulfonamides is 1. The molecule has 1 aromatic carbocycles. The van der Waals surface area contributed by atoms with E-state index < -0.39 is 10.0 Å². The number of benzene rings is 1. The van der Waals surface area contributed by atoms with Crippen LogP contribution < -0.4 is 5.56 Å². The summed E-state index contributed by atoms with van der Waals surface area (Å²) in [5.74, 6) is -0.145. The quantitative estimate of drug-likeness (QED) is 0.487. The fourth-order valence-electron chi connectivity index (χ4n) is 3.80. The molecule has 11 heteroatoms. The molecule has 5 rings (SSSR count). The minimum absolute atomic E-state index is 0.145. The zero-order valence-corrected chi connectivity index (χ0v) is 18.2. The number of hydrogen-bond acceptors (Lipinski definition) is 6. The predicted octanol–water partition coefficient (Wildman–Crippen LogP) is 1.85. The second-order valence-electron chi connectivity index (χ2n) is 7.52. The van der Waals surface area contributed by atoms with Gasteiger partial charge in [-0.3, -0.25) is 9.59 Å². The molecule has 0 radical (unpaired) electrons. The minimum atomic E-state index is -3.25. The number of hydrogen-bond donors (Lipinski definition) is 2. The van der Waals surface area contributed by atoms with Gasteiger partial charge in [0, 0.05) is 53.4 Å². The molecule has 31 heavy (non-hydrogen) atoms. The summed E-state index contributed by atoms with van der Waals surface area (Å²) in [5, 5.41) is 4.51. The first-order chi connectivity index (χ1) is 14.8. The molecule has 1 saturated heterocycles. The Bertz CT molecular complexity index is 1480. The van der Waals surface area contributed by atoms with Crippen LogP contribution in [0.25, 0.3) is 33.3 Å². The van der Waals surface area contributed by atoms with E-state index in [9.17, 15) is 18.0 Å². The van der Waals surface area contributed by atoms with Crippen molar-refractivity contribution in [2.24, 2.45) is 0 Å². The molecule has 0 saturated carbocycles. The standard InChI is InChI=1S/C20H19N5O4S2/c1-31(28,29)25-6-4-24(5-7-25)20(27)12-2-3-14-13(8-12)9-15(21-14)18-19(26)23-17-11-30-10-16(17)22-18/h2-3,8-11,21H,4-7H2,1H3,(H,23,26). The molecule has 1 aliphatic heterocycles. The van der Waals surface area contributed by atoms with E-state index >= 15 is 0 Å². The number of thiophene rings is 1. The van der Waals surface area contributed by atoms with Gasteiger partial charge < -0.3 is 14.9 Å². The third-order valence-electron chi connectivity index (χ3n) is 5.45. The topological polar surface area (TPSA) is 119 Å². The van der Waals surface area contributed by atoms with Gasteiger partial charge in [0.15, 0.2) is 5.69 Å². The number of nitrogens with zero attached hydrogens (tertiary/aromatic N) is 3. The van der Waals surface area contributed by atoms with Gasteiger partial charge in [0.25, 0.3) is 11.5 Å². The van der Waals surface area contributed by atoms with E-state index in [0.717, 1.165) is 16.4 Å². The van der Waals surface area contributed by atoms with Crippen LogP contribution >= 0.6 is 11.3 Å². The Labute approximate surface area is 181 Å². The predicted molar refractivity (Wildman–Crippen MR) is 120 cm³/mol. The average Bonchev–Trinajstić information content (AvgIpc) is 3.37. The van der Waals surface area contributed by atoms with Crippen LogP contribution in [0, 0.1) is 0 Å². The lowest BCUT2D eigenvalue weighted by atomic mass is 10.1. The molecular weight excluding hydrogens is 438 g/mol. The van der Waals surface area contributed by atoms with Gasteiger partial charge in [0.1, 0.15) is 0 Å². The van der Waals surface area contributed by atoms with Crippen molar-refractivity contribution < 1.29 is 13.2 Å². The van der Waals surface area contributed by atoms with Gasteiger partial charge in [-0.15, -0.1) is 11.3 Å². The summed E-state index contributed by atoms with van der Waals surface area (Å²) in [7, 11) is -3.25. The van der Waals surface area contributed by atoms with Crippen LogP contribution in [0.15, 0.2) is 39.8 Å². The van der Waals surface area contributed by atoms with E-state index in [-0.39, 0.29) is 11.5 Å². The highest BCUT2D eigenvalue weighted by Gasteiger charge is 2.26. The van der Waals surface area contributed by atoms with Crippen molar-refractivity contribution in [3.63, 3.8) is 0 Å². The maximum Gasteiger partial charge on any atom is 0.276 e. The molecule has 4 aromatic rings. The number of amides is 1. The van der Waals surface area contributed by atoms with Crippen molar-refractivity contribution >= 4 is 49.2 Å². The lowest BCUT2D eigenvalue weighted by molar-refractivity contribution is 0.0698. The molecule has 3 aromatic heterocycles. The van der Waals surface area contributed by atoms with Crippen LogP contribution in [0.3, 0.4) is 0 Å². The molecule has 1 amide bonds. The van der Waals surface area contributed by atoms with E-state index in [1.807, 2.05) is 16.8 Å². The molecule has 0 spiro atoms. The Morgan fingerprint density at radius 2 is 1.84 bits per heavy atom. The first-order valence-corrected chi connectivity index (χ1v) is 12.4. The Kier molecular flexibility index (Phi) is 4.68. The van der Waals surface area contributed by atoms with E-state index in [0.29, 0.717) is 48.6 Å². The minimum Gasteiger partial charge on any atom is -0.353 e. The van der Waals surface area contributed by atoms with E-state index in [1.165, 1.54) is 21.9 Å². The largest absolute Gasteiger partial charge is 0.353 e. The number of aromatic amines is 2. The number of carbonyl (C=O) groups is 1. The molecule has 0 bridgehead atoms. The highest BCUT2D eigenvalue weighted by molar-refractivity contribution is 7.88. The fourth-order valence-corrected chi connectivity index (χ4v) is 5.32. The van der Waals surface area contributed by atoms with E-state index in [1.54, 1.807) is 23.1 Å². The van der Waals surface area contributed by atoms with Crippen LogP contribution in [-0.4, -0.2) is 70.9 Å². The van der Waals surface area contributed by atoms with Crippen LogP contribution in [0.5, 0.6) is 0 Å². The van der Waals surface area contributed by atoms with Crippen molar-refractivity contribution in [3.05, 3.63) is 50.9 Å². The number of rotatable bonds is 3. The Hall–Kier alpha value is -3.02. The molecule has 0 aliphatic carbocycles. The summed E-state index contributed by atoms with van der Waals surface area (Å²) >= 11 is 1.47. The maximum absolute atomic E-state index is 12.9. The summed E-state index contributed by atoms with van der Waals surface area (Å²) in [6, 6.07) is 7.12. The average molecular weight is 458 g/mol. The Morgan fingerprint density at radius 3 is 2.58 bits per heavy atom. The number of fused-ring (bicyclic) bond motifs is 2. The van der Waals surface area contributed by atoms with Gasteiger partial charge in [-0.05, 0) is 24.3 Å². The summed E-state index contributed by atoms with van der Waals surface area (Å²) in [5.41, 5.74) is 3.34. The second-order valence-corrected chi connectivity index (χ2v) is 10.3. The normalized spacial score (nSPS) is 15.7. The highest BCUT2D eigenvalue weighted by atomic mass is 32.2. The van der Waals surface area contributed by atoms with Crippen molar-refractivity contribution in [1.82, 2.24) is 24.2 Å². The van der Waals surface area contributed by atoms with Gasteiger partial charge in [0.05, 0.1) is 23.0 Å². The lowest BCUT2D eigenvalue weighted by Gasteiger charge is -2.33. The molecular formula is C20H19N5O4S2. The summed E-state index contributed by atoms with van der Waals surface area (Å²) in [4.78, 5) is 37.5. The Balaban J connectivity index is 1.42. The van der Waals surface area contributed by atoms with Crippen molar-refractivity contribution in [1.29, 1.82) is 0 Å². The molecule has 0 atom stereocenters. The molecule has 1 aliphatic rings. The third kappa shape index (κ3) is 3.64. The molecule has 0 unspecified atom stereocenters. The smallest absolute Gasteiger partial charge is 0.276 e. The number of carbonyl (C=O) groups excluding carboxylic acids is 1. The molecule has 1 fully saturated rings. The first-order valence-electron chi connectivity index (χ1n) is 9.63. The van der Waals surface area contributed by atoms with Crippen LogP contribution in [0.1, 0.15) is 10.4 Å². The number of H-pyrrole nitrogens is 2. The monoisotopic (exact) mass is 457 g/mol. The molecule has 4 heterocycles. The summed E-state index contributed by atoms with van der Waals surface area (Å²) in [6.45, 7) is 1.28. The Morgan fingerprint density at radius 1 is 1.06 bits per heavy atom. The van der Waals surface area contributed by atoms with Crippen molar-refractivity contribution in [2.75, 3.05) is 32.4 Å². The van der Waals surface area contributed by atoms with Crippen LogP contribution in [0.4, 0.5) is 0 Å². The van der Waals surface area contributed by atoms with E-state index in [2.05, 4.69) is 15.0 Å². The number of aromatic nitrogens is 3. The SMILES string of the molecule is CS(=O)(=O)N1CCN(C(=O)c2ccc3[nH]c(-c4nc5cscc5[nH]c4=O)cc3c2)CC1. The zero-order chi connectivity index (χ0) is 21.8. The molecule has 2 N–H and O–H groups in total. The highest BCUT2D eigenvalue weighted by Crippen LogP contribution is 2.24.